The number of ether oxygens (including phenoxy) is 2. The Morgan fingerprint density at radius 3 is 2.94 bits per heavy atom. The Balaban J connectivity index is 2.45. The van der Waals surface area contributed by atoms with E-state index >= 15 is 0 Å². The van der Waals surface area contributed by atoms with Crippen molar-refractivity contribution < 1.29 is 13.9 Å². The molecule has 100 valence electrons. The van der Waals surface area contributed by atoms with Crippen molar-refractivity contribution >= 4 is 11.6 Å². The van der Waals surface area contributed by atoms with Crippen molar-refractivity contribution in [2.24, 2.45) is 0 Å². The fraction of sp³-hybridized carbons (Fsp3) is 0.385. The van der Waals surface area contributed by atoms with Crippen LogP contribution < -0.4 is 10.1 Å². The summed E-state index contributed by atoms with van der Waals surface area (Å²) in [6.45, 7) is 2.22. The van der Waals surface area contributed by atoms with Gasteiger partial charge >= 0.3 is 0 Å². The lowest BCUT2D eigenvalue weighted by Crippen LogP contribution is -2.18. The Bertz CT molecular complexity index is 385. The molecule has 0 aliphatic rings. The van der Waals surface area contributed by atoms with Crippen LogP contribution in [0.5, 0.6) is 5.75 Å². The highest BCUT2D eigenvalue weighted by Crippen LogP contribution is 2.18. The molecule has 1 rings (SSSR count). The van der Waals surface area contributed by atoms with Gasteiger partial charge in [-0.1, -0.05) is 17.7 Å². The molecule has 0 saturated heterocycles. The van der Waals surface area contributed by atoms with Gasteiger partial charge in [-0.2, -0.15) is 0 Å². The average Bonchev–Trinajstić information content (AvgIpc) is 2.37. The summed E-state index contributed by atoms with van der Waals surface area (Å²) in [6, 6.07) is 4.90. The van der Waals surface area contributed by atoms with Gasteiger partial charge in [0.1, 0.15) is 6.61 Å². The predicted molar refractivity (Wildman–Crippen MR) is 70.5 cm³/mol. The number of hydrogen-bond donors (Lipinski definition) is 1. The Morgan fingerprint density at radius 2 is 2.28 bits per heavy atom. The molecular formula is C13H17ClFNO2. The first kappa shape index (κ1) is 15.0. The van der Waals surface area contributed by atoms with Gasteiger partial charge < -0.3 is 14.8 Å². The molecule has 0 aliphatic carbocycles. The average molecular weight is 274 g/mol. The Morgan fingerprint density at radius 1 is 1.44 bits per heavy atom. The van der Waals surface area contributed by atoms with Crippen molar-refractivity contribution in [1.29, 1.82) is 0 Å². The van der Waals surface area contributed by atoms with Gasteiger partial charge in [-0.25, -0.2) is 4.39 Å². The zero-order valence-corrected chi connectivity index (χ0v) is 11.0. The van der Waals surface area contributed by atoms with Crippen LogP contribution in [0.1, 0.15) is 5.56 Å². The SMILES string of the molecule is COCCNCc1ccc(OC/C=C/Cl)c(F)c1. The normalized spacial score (nSPS) is 11.1. The second-order valence-electron chi connectivity index (χ2n) is 3.61. The second-order valence-corrected chi connectivity index (χ2v) is 3.86. The van der Waals surface area contributed by atoms with E-state index in [2.05, 4.69) is 5.32 Å². The third kappa shape index (κ3) is 5.49. The molecule has 0 fully saturated rings. The Hall–Kier alpha value is -1.10. The molecule has 1 aromatic rings. The first-order valence-corrected chi connectivity index (χ1v) is 6.07. The molecule has 0 bridgehead atoms. The molecule has 3 nitrogen and oxygen atoms in total. The summed E-state index contributed by atoms with van der Waals surface area (Å²) < 4.78 is 23.7. The maximum absolute atomic E-state index is 13.6. The molecule has 0 spiro atoms. The Kier molecular flexibility index (Phi) is 7.41. The molecule has 0 aliphatic heterocycles. The molecule has 0 heterocycles. The van der Waals surface area contributed by atoms with Gasteiger partial charge in [0.25, 0.3) is 0 Å². The minimum atomic E-state index is -0.371. The molecule has 0 radical (unpaired) electrons. The quantitative estimate of drug-likeness (QED) is 0.739. The fourth-order valence-electron chi connectivity index (χ4n) is 1.35. The molecule has 0 saturated carbocycles. The zero-order chi connectivity index (χ0) is 13.2. The van der Waals surface area contributed by atoms with Crippen molar-refractivity contribution in [3.63, 3.8) is 0 Å². The van der Waals surface area contributed by atoms with Gasteiger partial charge in [-0.3, -0.25) is 0 Å². The molecule has 1 aromatic carbocycles. The van der Waals surface area contributed by atoms with Gasteiger partial charge in [0.05, 0.1) is 6.61 Å². The van der Waals surface area contributed by atoms with Crippen LogP contribution in [0.15, 0.2) is 29.8 Å². The van der Waals surface area contributed by atoms with E-state index in [0.29, 0.717) is 13.2 Å². The summed E-state index contributed by atoms with van der Waals surface area (Å²) in [5.41, 5.74) is 2.20. The second kappa shape index (κ2) is 8.91. The van der Waals surface area contributed by atoms with E-state index in [1.54, 1.807) is 19.3 Å². The first-order chi connectivity index (χ1) is 8.77. The Labute approximate surface area is 112 Å². The van der Waals surface area contributed by atoms with Crippen molar-refractivity contribution in [2.45, 2.75) is 6.54 Å². The van der Waals surface area contributed by atoms with Crippen LogP contribution in [0, 0.1) is 5.82 Å². The van der Waals surface area contributed by atoms with Crippen LogP contribution in [0.25, 0.3) is 0 Å². The van der Waals surface area contributed by atoms with Crippen LogP contribution in [-0.2, 0) is 11.3 Å². The van der Waals surface area contributed by atoms with Gasteiger partial charge in [-0.05, 0) is 23.8 Å². The lowest BCUT2D eigenvalue weighted by atomic mass is 10.2. The predicted octanol–water partition coefficient (Wildman–Crippen LogP) is 2.69. The number of hydrogen-bond acceptors (Lipinski definition) is 3. The molecule has 0 unspecified atom stereocenters. The molecule has 18 heavy (non-hydrogen) atoms. The van der Waals surface area contributed by atoms with Crippen LogP contribution in [0.2, 0.25) is 0 Å². The summed E-state index contributed by atoms with van der Waals surface area (Å²) in [5.74, 6) is -0.144. The highest BCUT2D eigenvalue weighted by molar-refractivity contribution is 6.25. The van der Waals surface area contributed by atoms with E-state index in [1.165, 1.54) is 11.6 Å². The monoisotopic (exact) mass is 273 g/mol. The summed E-state index contributed by atoms with van der Waals surface area (Å²) >= 11 is 5.34. The smallest absolute Gasteiger partial charge is 0.165 e. The highest BCUT2D eigenvalue weighted by atomic mass is 35.5. The standard InChI is InChI=1S/C13H17ClFNO2/c1-17-8-6-16-10-11-3-4-13(12(15)9-11)18-7-2-5-14/h2-5,9,16H,6-8,10H2,1H3/b5-2+. The molecule has 0 amide bonds. The molecular weight excluding hydrogens is 257 g/mol. The number of methoxy groups -OCH3 is 1. The van der Waals surface area contributed by atoms with Crippen molar-refractivity contribution in [1.82, 2.24) is 5.32 Å². The summed E-state index contributed by atoms with van der Waals surface area (Å²) in [7, 11) is 1.64. The number of benzene rings is 1. The third-order valence-electron chi connectivity index (χ3n) is 2.23. The van der Waals surface area contributed by atoms with Gasteiger partial charge in [0, 0.05) is 25.7 Å². The zero-order valence-electron chi connectivity index (χ0n) is 10.3. The maximum atomic E-state index is 13.6. The maximum Gasteiger partial charge on any atom is 0.165 e. The van der Waals surface area contributed by atoms with Gasteiger partial charge in [0.15, 0.2) is 11.6 Å². The summed E-state index contributed by atoms with van der Waals surface area (Å²) in [4.78, 5) is 0. The molecule has 0 aromatic heterocycles. The summed E-state index contributed by atoms with van der Waals surface area (Å²) in [5, 5.41) is 3.14. The molecule has 0 atom stereocenters. The number of nitrogens with one attached hydrogen (secondary N) is 1. The van der Waals surface area contributed by atoms with Crippen LogP contribution in [0.3, 0.4) is 0 Å². The van der Waals surface area contributed by atoms with Gasteiger partial charge in [0.2, 0.25) is 0 Å². The largest absolute Gasteiger partial charge is 0.486 e. The number of rotatable bonds is 8. The highest BCUT2D eigenvalue weighted by Gasteiger charge is 2.03. The fourth-order valence-corrected chi connectivity index (χ4v) is 1.43. The van der Waals surface area contributed by atoms with Crippen molar-refractivity contribution in [2.75, 3.05) is 26.9 Å². The van der Waals surface area contributed by atoms with E-state index in [4.69, 9.17) is 21.1 Å². The van der Waals surface area contributed by atoms with Crippen LogP contribution in [0.4, 0.5) is 4.39 Å². The molecule has 1 N–H and O–H groups in total. The van der Waals surface area contributed by atoms with Crippen LogP contribution in [-0.4, -0.2) is 26.9 Å². The minimum absolute atomic E-state index is 0.227. The number of halogens is 2. The van der Waals surface area contributed by atoms with Crippen LogP contribution >= 0.6 is 11.6 Å². The van der Waals surface area contributed by atoms with E-state index < -0.39 is 0 Å². The van der Waals surface area contributed by atoms with Gasteiger partial charge in [-0.15, -0.1) is 0 Å². The minimum Gasteiger partial charge on any atom is -0.486 e. The van der Waals surface area contributed by atoms with Crippen molar-refractivity contribution in [3.8, 4) is 5.75 Å². The van der Waals surface area contributed by atoms with E-state index in [-0.39, 0.29) is 18.2 Å². The lowest BCUT2D eigenvalue weighted by Gasteiger charge is -2.08. The third-order valence-corrected chi connectivity index (χ3v) is 2.41. The van der Waals surface area contributed by atoms with E-state index in [0.717, 1.165) is 12.1 Å². The topological polar surface area (TPSA) is 30.5 Å². The summed E-state index contributed by atoms with van der Waals surface area (Å²) in [6.07, 6.45) is 1.60. The van der Waals surface area contributed by atoms with E-state index in [1.807, 2.05) is 6.07 Å². The van der Waals surface area contributed by atoms with Crippen molar-refractivity contribution in [3.05, 3.63) is 41.2 Å². The van der Waals surface area contributed by atoms with E-state index in [9.17, 15) is 4.39 Å². The molecule has 5 heteroatoms. The lowest BCUT2D eigenvalue weighted by molar-refractivity contribution is 0.199. The first-order valence-electron chi connectivity index (χ1n) is 5.64.